The van der Waals surface area contributed by atoms with Crippen LogP contribution in [-0.2, 0) is 0 Å². The Bertz CT molecular complexity index is 1290. The number of nitrogens with one attached hydrogen (secondary N) is 2. The fourth-order valence-electron chi connectivity index (χ4n) is 4.20. The van der Waals surface area contributed by atoms with Gasteiger partial charge in [-0.15, -0.1) is 0 Å². The molecule has 3 aromatic rings. The fourth-order valence-corrected chi connectivity index (χ4v) is 4.20. The highest BCUT2D eigenvalue weighted by Crippen LogP contribution is 2.45. The SMILES string of the molecule is O=C(Nc1ccc2c(c1)OCO2)c1cc2n(n1)[C@@H](C(F)(F)F)C[C@H](c1ccc3c(c1)OCO3)N2. The van der Waals surface area contributed by atoms with Crippen LogP contribution in [0.3, 0.4) is 0 Å². The van der Waals surface area contributed by atoms with Crippen molar-refractivity contribution in [2.24, 2.45) is 0 Å². The minimum absolute atomic E-state index is 0.0661. The maximum Gasteiger partial charge on any atom is 0.410 e. The van der Waals surface area contributed by atoms with Gasteiger partial charge in [-0.1, -0.05) is 6.07 Å². The third-order valence-corrected chi connectivity index (χ3v) is 5.85. The predicted octanol–water partition coefficient (Wildman–Crippen LogP) is 4.25. The van der Waals surface area contributed by atoms with Gasteiger partial charge >= 0.3 is 6.18 Å². The van der Waals surface area contributed by atoms with Gasteiger partial charge in [-0.2, -0.15) is 18.3 Å². The lowest BCUT2D eigenvalue weighted by Gasteiger charge is -2.33. The number of benzene rings is 2. The van der Waals surface area contributed by atoms with Crippen LogP contribution in [0.25, 0.3) is 0 Å². The Morgan fingerprint density at radius 2 is 1.65 bits per heavy atom. The quantitative estimate of drug-likeness (QED) is 0.586. The zero-order valence-electron chi connectivity index (χ0n) is 17.4. The molecule has 176 valence electrons. The summed E-state index contributed by atoms with van der Waals surface area (Å²) in [6.07, 6.45) is -4.87. The molecule has 34 heavy (non-hydrogen) atoms. The average molecular weight is 474 g/mol. The number of carbonyl (C=O) groups excluding carboxylic acids is 1. The van der Waals surface area contributed by atoms with E-state index in [2.05, 4.69) is 15.7 Å². The van der Waals surface area contributed by atoms with E-state index in [0.717, 1.165) is 4.68 Å². The first-order valence-corrected chi connectivity index (χ1v) is 10.4. The molecular formula is C22H17F3N4O5. The number of fused-ring (bicyclic) bond motifs is 3. The van der Waals surface area contributed by atoms with E-state index < -0.39 is 24.2 Å². The smallest absolute Gasteiger partial charge is 0.410 e. The van der Waals surface area contributed by atoms with Gasteiger partial charge in [-0.05, 0) is 29.8 Å². The van der Waals surface area contributed by atoms with Crippen LogP contribution in [-0.4, -0.2) is 35.4 Å². The number of aromatic nitrogens is 2. The molecule has 4 heterocycles. The van der Waals surface area contributed by atoms with Crippen LogP contribution in [0.1, 0.15) is 34.6 Å². The number of alkyl halides is 3. The van der Waals surface area contributed by atoms with Crippen molar-refractivity contribution in [1.29, 1.82) is 0 Å². The zero-order chi connectivity index (χ0) is 23.4. The maximum absolute atomic E-state index is 14.0. The molecule has 3 aliphatic heterocycles. The molecule has 0 aliphatic carbocycles. The highest BCUT2D eigenvalue weighted by Gasteiger charge is 2.47. The zero-order valence-corrected chi connectivity index (χ0v) is 17.4. The van der Waals surface area contributed by atoms with E-state index in [4.69, 9.17) is 18.9 Å². The Labute approximate surface area is 190 Å². The van der Waals surface area contributed by atoms with Crippen LogP contribution in [0, 0.1) is 0 Å². The number of amides is 1. The van der Waals surface area contributed by atoms with Crippen LogP contribution in [0.4, 0.5) is 24.7 Å². The number of nitrogens with zero attached hydrogens (tertiary/aromatic N) is 2. The Hall–Kier alpha value is -4.09. The molecule has 0 saturated carbocycles. The Balaban J connectivity index is 1.28. The van der Waals surface area contributed by atoms with Crippen LogP contribution in [0.5, 0.6) is 23.0 Å². The van der Waals surface area contributed by atoms with Gasteiger partial charge in [0.2, 0.25) is 13.6 Å². The summed E-state index contributed by atoms with van der Waals surface area (Å²) in [5.41, 5.74) is 0.858. The number of rotatable bonds is 3. The third kappa shape index (κ3) is 3.51. The summed E-state index contributed by atoms with van der Waals surface area (Å²) >= 11 is 0. The first-order valence-electron chi connectivity index (χ1n) is 10.4. The minimum Gasteiger partial charge on any atom is -0.454 e. The topological polar surface area (TPSA) is 95.9 Å². The number of carbonyl (C=O) groups is 1. The average Bonchev–Trinajstić information content (AvgIpc) is 3.55. The third-order valence-electron chi connectivity index (χ3n) is 5.85. The minimum atomic E-state index is -4.57. The summed E-state index contributed by atoms with van der Waals surface area (Å²) in [7, 11) is 0. The van der Waals surface area contributed by atoms with Crippen LogP contribution < -0.4 is 29.6 Å². The molecule has 3 aliphatic rings. The van der Waals surface area contributed by atoms with E-state index in [1.165, 1.54) is 6.07 Å². The molecule has 0 fully saturated rings. The molecule has 0 bridgehead atoms. The normalized spacial score (nSPS) is 20.0. The van der Waals surface area contributed by atoms with Crippen molar-refractivity contribution in [3.05, 3.63) is 53.7 Å². The molecule has 9 nitrogen and oxygen atoms in total. The molecule has 12 heteroatoms. The van der Waals surface area contributed by atoms with Crippen LogP contribution in [0.15, 0.2) is 42.5 Å². The number of halogens is 3. The first-order chi connectivity index (χ1) is 16.3. The fraction of sp³-hybridized carbons (Fsp3) is 0.273. The molecule has 0 unspecified atom stereocenters. The largest absolute Gasteiger partial charge is 0.454 e. The lowest BCUT2D eigenvalue weighted by molar-refractivity contribution is -0.173. The molecule has 2 atom stereocenters. The monoisotopic (exact) mass is 474 g/mol. The van der Waals surface area contributed by atoms with Crippen LogP contribution >= 0.6 is 0 Å². The van der Waals surface area contributed by atoms with Gasteiger partial charge < -0.3 is 29.6 Å². The summed E-state index contributed by atoms with van der Waals surface area (Å²) in [6.45, 7) is 0.145. The standard InChI is InChI=1S/C22H17F3N4O5/c23-22(24,25)19-7-13(11-1-3-15-17(5-11)33-9-31-15)27-20-8-14(28-29(19)20)21(30)26-12-2-4-16-18(6-12)34-10-32-16/h1-6,8,13,19,27H,7,9-10H2,(H,26,30)/t13-,19-/m1/s1. The number of anilines is 2. The second-order valence-electron chi connectivity index (χ2n) is 7.98. The lowest BCUT2D eigenvalue weighted by Crippen LogP contribution is -2.35. The van der Waals surface area contributed by atoms with E-state index in [-0.39, 0.29) is 31.5 Å². The molecule has 0 saturated heterocycles. The molecule has 2 N–H and O–H groups in total. The molecule has 2 aromatic carbocycles. The van der Waals surface area contributed by atoms with E-state index in [1.807, 2.05) is 0 Å². The Morgan fingerprint density at radius 1 is 0.971 bits per heavy atom. The number of hydrogen-bond acceptors (Lipinski definition) is 7. The summed E-state index contributed by atoms with van der Waals surface area (Å²) in [5, 5.41) is 9.67. The summed E-state index contributed by atoms with van der Waals surface area (Å²) in [4.78, 5) is 12.8. The first kappa shape index (κ1) is 20.5. The van der Waals surface area contributed by atoms with E-state index in [0.29, 0.717) is 34.2 Å². The van der Waals surface area contributed by atoms with Crippen molar-refractivity contribution in [1.82, 2.24) is 9.78 Å². The summed E-state index contributed by atoms with van der Waals surface area (Å²) < 4.78 is 63.8. The number of ether oxygens (including phenoxy) is 4. The van der Waals surface area contributed by atoms with Crippen molar-refractivity contribution in [3.63, 3.8) is 0 Å². The predicted molar refractivity (Wildman–Crippen MR) is 111 cm³/mol. The van der Waals surface area contributed by atoms with Gasteiger partial charge in [-0.3, -0.25) is 4.79 Å². The lowest BCUT2D eigenvalue weighted by atomic mass is 9.96. The molecule has 0 spiro atoms. The summed E-state index contributed by atoms with van der Waals surface area (Å²) in [6, 6.07) is 8.55. The van der Waals surface area contributed by atoms with Crippen molar-refractivity contribution in [2.45, 2.75) is 24.7 Å². The van der Waals surface area contributed by atoms with E-state index in [1.54, 1.807) is 36.4 Å². The van der Waals surface area contributed by atoms with Crippen molar-refractivity contribution < 1.29 is 36.9 Å². The Kier molecular flexibility index (Phi) is 4.51. The van der Waals surface area contributed by atoms with Gasteiger partial charge in [0.1, 0.15) is 5.82 Å². The maximum atomic E-state index is 14.0. The second-order valence-corrected chi connectivity index (χ2v) is 7.98. The second kappa shape index (κ2) is 7.47. The van der Waals surface area contributed by atoms with Gasteiger partial charge in [0.15, 0.2) is 34.7 Å². The molecule has 1 aromatic heterocycles. The van der Waals surface area contributed by atoms with E-state index in [9.17, 15) is 18.0 Å². The Morgan fingerprint density at radius 3 is 2.38 bits per heavy atom. The molecule has 6 rings (SSSR count). The van der Waals surface area contributed by atoms with Crippen molar-refractivity contribution in [2.75, 3.05) is 24.2 Å². The molecule has 0 radical (unpaired) electrons. The highest BCUT2D eigenvalue weighted by molar-refractivity contribution is 6.03. The van der Waals surface area contributed by atoms with Gasteiger partial charge in [0.25, 0.3) is 5.91 Å². The van der Waals surface area contributed by atoms with Gasteiger partial charge in [0.05, 0.1) is 6.04 Å². The number of hydrogen-bond donors (Lipinski definition) is 2. The van der Waals surface area contributed by atoms with Gasteiger partial charge in [-0.25, -0.2) is 4.68 Å². The van der Waals surface area contributed by atoms with Gasteiger partial charge in [0, 0.05) is 24.2 Å². The van der Waals surface area contributed by atoms with Crippen molar-refractivity contribution >= 4 is 17.4 Å². The molecule has 1 amide bonds. The highest BCUT2D eigenvalue weighted by atomic mass is 19.4. The van der Waals surface area contributed by atoms with Crippen LogP contribution in [0.2, 0.25) is 0 Å². The van der Waals surface area contributed by atoms with E-state index >= 15 is 0 Å². The molecular weight excluding hydrogens is 457 g/mol. The van der Waals surface area contributed by atoms with Crippen molar-refractivity contribution in [3.8, 4) is 23.0 Å². The summed E-state index contributed by atoms with van der Waals surface area (Å²) in [5.74, 6) is 1.47.